The number of aliphatic hydroxyl groups is 5. The molecule has 150 valence electrons. The average Bonchev–Trinajstić information content (AvgIpc) is 2.62. The van der Waals surface area contributed by atoms with Crippen molar-refractivity contribution in [1.29, 1.82) is 0 Å². The fourth-order valence-electron chi connectivity index (χ4n) is 2.60. The van der Waals surface area contributed by atoms with Crippen LogP contribution in [0.25, 0.3) is 0 Å². The van der Waals surface area contributed by atoms with Crippen LogP contribution in [0.5, 0.6) is 0 Å². The molecule has 0 aliphatic heterocycles. The second kappa shape index (κ2) is 15.5. The topological polar surface area (TPSA) is 127 Å². The first-order chi connectivity index (χ1) is 12.0. The quantitative estimate of drug-likeness (QED) is 0.203. The summed E-state index contributed by atoms with van der Waals surface area (Å²) < 4.78 is 4.99. The standard InChI is InChI=1S/C18H36O7/c1-2-3-4-5-6-7-8-9-10-11-16(23)25-18(15(22)13-20)17(24)14(21)12-19/h14-15,17-22,24H,2-13H2,1H3/t14-,15-,17-,18-/m0/s1. The summed E-state index contributed by atoms with van der Waals surface area (Å²) >= 11 is 0. The second-order valence-corrected chi connectivity index (χ2v) is 6.52. The van der Waals surface area contributed by atoms with E-state index in [-0.39, 0.29) is 6.42 Å². The van der Waals surface area contributed by atoms with Gasteiger partial charge in [0.25, 0.3) is 0 Å². The number of carbonyl (C=O) groups is 1. The van der Waals surface area contributed by atoms with Gasteiger partial charge in [0, 0.05) is 6.42 Å². The number of hydrogen-bond acceptors (Lipinski definition) is 7. The molecule has 0 radical (unpaired) electrons. The van der Waals surface area contributed by atoms with E-state index in [2.05, 4.69) is 6.92 Å². The molecule has 0 saturated carbocycles. The van der Waals surface area contributed by atoms with Gasteiger partial charge in [-0.15, -0.1) is 0 Å². The highest BCUT2D eigenvalue weighted by atomic mass is 16.6. The van der Waals surface area contributed by atoms with Gasteiger partial charge in [-0.1, -0.05) is 58.3 Å². The normalized spacial score (nSPS) is 16.2. The van der Waals surface area contributed by atoms with Crippen molar-refractivity contribution in [2.24, 2.45) is 0 Å². The largest absolute Gasteiger partial charge is 0.457 e. The van der Waals surface area contributed by atoms with Crippen molar-refractivity contribution in [2.75, 3.05) is 13.2 Å². The van der Waals surface area contributed by atoms with Crippen LogP contribution in [0.1, 0.15) is 71.1 Å². The lowest BCUT2D eigenvalue weighted by Gasteiger charge is -2.28. The Kier molecular flexibility index (Phi) is 15.1. The van der Waals surface area contributed by atoms with E-state index in [0.29, 0.717) is 6.42 Å². The van der Waals surface area contributed by atoms with Crippen molar-refractivity contribution < 1.29 is 35.1 Å². The number of esters is 1. The third-order valence-electron chi connectivity index (χ3n) is 4.24. The Morgan fingerprint density at radius 3 is 1.76 bits per heavy atom. The first kappa shape index (κ1) is 24.3. The van der Waals surface area contributed by atoms with Gasteiger partial charge in [-0.05, 0) is 6.42 Å². The molecular weight excluding hydrogens is 328 g/mol. The Hall–Kier alpha value is -0.730. The molecule has 0 heterocycles. The molecule has 0 bridgehead atoms. The summed E-state index contributed by atoms with van der Waals surface area (Å²) in [4.78, 5) is 11.8. The molecule has 0 aromatic carbocycles. The van der Waals surface area contributed by atoms with Gasteiger partial charge in [0.2, 0.25) is 0 Å². The highest BCUT2D eigenvalue weighted by Crippen LogP contribution is 2.14. The van der Waals surface area contributed by atoms with E-state index in [1.165, 1.54) is 32.1 Å². The molecule has 0 aliphatic rings. The van der Waals surface area contributed by atoms with E-state index in [1.54, 1.807) is 0 Å². The van der Waals surface area contributed by atoms with Crippen molar-refractivity contribution in [3.05, 3.63) is 0 Å². The Labute approximate surface area is 150 Å². The zero-order valence-corrected chi connectivity index (χ0v) is 15.3. The minimum atomic E-state index is -1.67. The number of hydrogen-bond donors (Lipinski definition) is 5. The van der Waals surface area contributed by atoms with Gasteiger partial charge < -0.3 is 30.3 Å². The van der Waals surface area contributed by atoms with Gasteiger partial charge in [-0.3, -0.25) is 4.79 Å². The molecule has 0 spiro atoms. The highest BCUT2D eigenvalue weighted by molar-refractivity contribution is 5.69. The third kappa shape index (κ3) is 11.5. The first-order valence-corrected chi connectivity index (χ1v) is 9.43. The molecule has 0 aromatic heterocycles. The van der Waals surface area contributed by atoms with Gasteiger partial charge in [0.15, 0.2) is 6.10 Å². The van der Waals surface area contributed by atoms with Gasteiger partial charge in [0.1, 0.15) is 18.3 Å². The van der Waals surface area contributed by atoms with Gasteiger partial charge in [0.05, 0.1) is 13.2 Å². The highest BCUT2D eigenvalue weighted by Gasteiger charge is 2.34. The van der Waals surface area contributed by atoms with E-state index in [0.717, 1.165) is 19.3 Å². The van der Waals surface area contributed by atoms with Crippen molar-refractivity contribution in [3.8, 4) is 0 Å². The van der Waals surface area contributed by atoms with Crippen LogP contribution in [0.4, 0.5) is 0 Å². The molecule has 0 fully saturated rings. The fourth-order valence-corrected chi connectivity index (χ4v) is 2.60. The molecule has 7 heteroatoms. The van der Waals surface area contributed by atoms with Crippen LogP contribution in [0.3, 0.4) is 0 Å². The number of rotatable bonds is 16. The lowest BCUT2D eigenvalue weighted by Crippen LogP contribution is -2.49. The second-order valence-electron chi connectivity index (χ2n) is 6.52. The molecule has 0 saturated heterocycles. The minimum absolute atomic E-state index is 0.145. The first-order valence-electron chi connectivity index (χ1n) is 9.43. The fraction of sp³-hybridized carbons (Fsp3) is 0.944. The number of unbranched alkanes of at least 4 members (excludes halogenated alkanes) is 8. The molecule has 5 N–H and O–H groups in total. The Morgan fingerprint density at radius 1 is 0.800 bits per heavy atom. The summed E-state index contributed by atoms with van der Waals surface area (Å²) in [5.41, 5.74) is 0. The van der Waals surface area contributed by atoms with Crippen molar-refractivity contribution >= 4 is 5.97 Å². The molecule has 0 aromatic rings. The third-order valence-corrected chi connectivity index (χ3v) is 4.24. The van der Waals surface area contributed by atoms with Crippen LogP contribution < -0.4 is 0 Å². The summed E-state index contributed by atoms with van der Waals surface area (Å²) in [7, 11) is 0. The molecule has 4 atom stereocenters. The van der Waals surface area contributed by atoms with E-state index < -0.39 is 43.6 Å². The van der Waals surface area contributed by atoms with Crippen LogP contribution in [0.2, 0.25) is 0 Å². The summed E-state index contributed by atoms with van der Waals surface area (Å²) in [5.74, 6) is -0.607. The predicted molar refractivity (Wildman–Crippen MR) is 93.9 cm³/mol. The van der Waals surface area contributed by atoms with Crippen LogP contribution >= 0.6 is 0 Å². The predicted octanol–water partition coefficient (Wildman–Crippen LogP) is 0.886. The molecule has 25 heavy (non-hydrogen) atoms. The SMILES string of the molecule is CCCCCCCCCCCC(=O)O[C@H]([C@@H](O)[C@@H](O)CO)[C@@H](O)CO. The molecule has 7 nitrogen and oxygen atoms in total. The lowest BCUT2D eigenvalue weighted by atomic mass is 10.0. The van der Waals surface area contributed by atoms with Crippen molar-refractivity contribution in [2.45, 2.75) is 95.5 Å². The van der Waals surface area contributed by atoms with E-state index in [9.17, 15) is 20.1 Å². The van der Waals surface area contributed by atoms with Gasteiger partial charge in [-0.2, -0.15) is 0 Å². The number of carbonyl (C=O) groups excluding carboxylic acids is 1. The van der Waals surface area contributed by atoms with Gasteiger partial charge >= 0.3 is 5.97 Å². The Balaban J connectivity index is 3.99. The summed E-state index contributed by atoms with van der Waals surface area (Å²) in [5, 5.41) is 46.7. The number of ether oxygens (including phenoxy) is 1. The maximum atomic E-state index is 11.8. The zero-order valence-electron chi connectivity index (χ0n) is 15.3. The van der Waals surface area contributed by atoms with Crippen LogP contribution in [0, 0.1) is 0 Å². The summed E-state index contributed by atoms with van der Waals surface area (Å²) in [6.07, 6.45) is 3.91. The van der Waals surface area contributed by atoms with Crippen molar-refractivity contribution in [1.82, 2.24) is 0 Å². The van der Waals surface area contributed by atoms with Gasteiger partial charge in [-0.25, -0.2) is 0 Å². The summed E-state index contributed by atoms with van der Waals surface area (Å²) in [6, 6.07) is 0. The molecular formula is C18H36O7. The van der Waals surface area contributed by atoms with E-state index in [4.69, 9.17) is 14.9 Å². The number of aliphatic hydroxyl groups excluding tert-OH is 5. The smallest absolute Gasteiger partial charge is 0.306 e. The monoisotopic (exact) mass is 364 g/mol. The minimum Gasteiger partial charge on any atom is -0.457 e. The maximum Gasteiger partial charge on any atom is 0.306 e. The maximum absolute atomic E-state index is 11.8. The van der Waals surface area contributed by atoms with E-state index in [1.807, 2.05) is 0 Å². The van der Waals surface area contributed by atoms with Crippen LogP contribution in [-0.4, -0.2) is 69.1 Å². The average molecular weight is 364 g/mol. The molecule has 0 aliphatic carbocycles. The molecule has 0 unspecified atom stereocenters. The van der Waals surface area contributed by atoms with Crippen LogP contribution in [-0.2, 0) is 9.53 Å². The zero-order chi connectivity index (χ0) is 19.1. The Bertz CT molecular complexity index is 325. The Morgan fingerprint density at radius 2 is 1.28 bits per heavy atom. The summed E-state index contributed by atoms with van der Waals surface area (Å²) in [6.45, 7) is 0.712. The van der Waals surface area contributed by atoms with E-state index >= 15 is 0 Å². The molecule has 0 rings (SSSR count). The van der Waals surface area contributed by atoms with Crippen molar-refractivity contribution in [3.63, 3.8) is 0 Å². The van der Waals surface area contributed by atoms with Crippen LogP contribution in [0.15, 0.2) is 0 Å². The lowest BCUT2D eigenvalue weighted by molar-refractivity contribution is -0.177. The molecule has 0 amide bonds.